The standard InChI is InChI=1S/C28H30N2O7.C27H32N2O8.C26H30N2O8.C20H25IN2O7/c29-28(37)22(13-16-26(33)34)18-24(31)23(14-17-27(35)36)30-25(32)15-12-21-10-8-20(9-11-21)7-6-19-4-2-1-3-5-19;28-27(36)20(11-14-25(32)33)16-23(30)22(12-15-26(34)35)29-24(31)13-10-18-6-8-19(9-7-18)17-37-21-4-2-1-3-5-21;27-26(35)18(9-14-24(31)32)16-22(29)21(12-15-25(33)34)28-23(30)13-8-17-6-10-20(11-7-17)36-19-4-2-1-3-5-19;21-14-5-1-12(2-6-14)3-8-17(25)23-15(7-10-19(28)29)16(24)11-13(20(22)30)4-9-18(26)27/h1-5,8-11,22-23H,12-18H2,(H2,29,37)(H,30,32)(H,33,34)(H,35,36);1-9,20,22H,10-17H2,(H2,28,36)(H,29,31)(H,32,33)(H,34,35);1-7,10-11,18,21H,8-9,12-16H2,(H2,27,35)(H,28,30)(H,31,32)(H,33,34);1-2,5-6,13,15H,3-4,7-11H2,(H2,22,30)(H,23,25)(H,26,27)(H,28,29)/t22-,23+;20-,22+;18-,21+;13-,15+/m1111/s1. The van der Waals surface area contributed by atoms with E-state index < -0.39 is 166 Å². The van der Waals surface area contributed by atoms with Crippen LogP contribution in [0.15, 0.2) is 188 Å². The number of carboxylic acids is 8. The minimum atomic E-state index is -1.14. The summed E-state index contributed by atoms with van der Waals surface area (Å²) in [7, 11) is 0. The molecule has 0 unspecified atom stereocenters. The van der Waals surface area contributed by atoms with Gasteiger partial charge in [-0.2, -0.15) is 0 Å². The van der Waals surface area contributed by atoms with Gasteiger partial charge >= 0.3 is 47.8 Å². The lowest BCUT2D eigenvalue weighted by Gasteiger charge is -2.19. The molecule has 0 saturated heterocycles. The van der Waals surface area contributed by atoms with Crippen molar-refractivity contribution in [2.45, 2.75) is 211 Å². The molecule has 0 spiro atoms. The molecule has 8 atom stereocenters. The zero-order chi connectivity index (χ0) is 104. The van der Waals surface area contributed by atoms with E-state index in [0.29, 0.717) is 43.8 Å². The van der Waals surface area contributed by atoms with Gasteiger partial charge in [-0.15, -0.1) is 0 Å². The number of carboxylic acid groups (broad SMARTS) is 8. The minimum Gasteiger partial charge on any atom is -0.489 e. The van der Waals surface area contributed by atoms with Crippen LogP contribution in [0.4, 0.5) is 0 Å². The topological polar surface area (TPSA) is 674 Å². The number of primary amides is 4. The van der Waals surface area contributed by atoms with Crippen molar-refractivity contribution in [1.29, 1.82) is 0 Å². The number of amides is 8. The van der Waals surface area contributed by atoms with Gasteiger partial charge in [-0.1, -0.05) is 127 Å². The number of nitrogens with two attached hydrogens (primary N) is 4. The summed E-state index contributed by atoms with van der Waals surface area (Å²) in [5.74, 6) is -12.2. The van der Waals surface area contributed by atoms with Crippen molar-refractivity contribution >= 4 is 141 Å². The van der Waals surface area contributed by atoms with Crippen molar-refractivity contribution < 1.29 is 146 Å². The van der Waals surface area contributed by atoms with Crippen LogP contribution < -0.4 is 53.7 Å². The molecule has 0 heterocycles. The van der Waals surface area contributed by atoms with E-state index in [9.17, 15) is 95.9 Å². The molecular weight excluding hydrogens is 1930 g/mol. The number of nitrogens with one attached hydrogen (secondary N) is 4. The highest BCUT2D eigenvalue weighted by Gasteiger charge is 2.33. The van der Waals surface area contributed by atoms with Gasteiger partial charge in [0, 0.05) is 141 Å². The highest BCUT2D eigenvalue weighted by Crippen LogP contribution is 2.25. The summed E-state index contributed by atoms with van der Waals surface area (Å²) in [6, 6.07) is 53.6. The first-order chi connectivity index (χ1) is 66.5. The molecule has 140 heavy (non-hydrogen) atoms. The fraction of sp³-hybridized carbons (Fsp3) is 0.366. The molecule has 0 fully saturated rings. The molecule has 748 valence electrons. The lowest BCUT2D eigenvalue weighted by molar-refractivity contribution is -0.139. The number of para-hydroxylation sites is 2. The number of aryl methyl sites for hydroxylation is 4. The highest BCUT2D eigenvalue weighted by molar-refractivity contribution is 14.1. The molecule has 0 radical (unpaired) electrons. The number of carbonyl (C=O) groups is 20. The fourth-order valence-corrected chi connectivity index (χ4v) is 13.8. The number of ketones is 4. The molecule has 7 aromatic carbocycles. The van der Waals surface area contributed by atoms with Gasteiger partial charge in [0.1, 0.15) is 23.9 Å². The van der Waals surface area contributed by atoms with Gasteiger partial charge < -0.3 is 94.5 Å². The maximum Gasteiger partial charge on any atom is 0.303 e. The minimum absolute atomic E-state index is 0.0496. The van der Waals surface area contributed by atoms with E-state index in [0.717, 1.165) is 48.3 Å². The summed E-state index contributed by atoms with van der Waals surface area (Å²) in [5, 5.41) is 81.3. The fourth-order valence-electron chi connectivity index (χ4n) is 13.4. The van der Waals surface area contributed by atoms with E-state index in [1.807, 2.05) is 176 Å². The number of carbonyl (C=O) groups excluding carboxylic acids is 12. The van der Waals surface area contributed by atoms with Crippen LogP contribution in [0.25, 0.3) is 0 Å². The monoisotopic (exact) mass is 2050 g/mol. The number of aliphatic carboxylic acids is 8. The van der Waals surface area contributed by atoms with Crippen molar-refractivity contribution in [1.82, 2.24) is 21.3 Å². The molecule has 39 heteroatoms. The molecule has 0 aromatic heterocycles. The molecule has 0 aliphatic carbocycles. The van der Waals surface area contributed by atoms with E-state index in [4.69, 9.17) is 73.3 Å². The predicted molar refractivity (Wildman–Crippen MR) is 513 cm³/mol. The summed E-state index contributed by atoms with van der Waals surface area (Å²) < 4.78 is 12.5. The van der Waals surface area contributed by atoms with Crippen molar-refractivity contribution in [3.63, 3.8) is 0 Å². The van der Waals surface area contributed by atoms with Gasteiger partial charge in [0.15, 0.2) is 23.1 Å². The Bertz CT molecular complexity index is 5390. The van der Waals surface area contributed by atoms with Crippen LogP contribution in [0.5, 0.6) is 17.2 Å². The van der Waals surface area contributed by atoms with Gasteiger partial charge in [-0.05, 0) is 200 Å². The first-order valence-corrected chi connectivity index (χ1v) is 45.8. The predicted octanol–water partition coefficient (Wildman–Crippen LogP) is 8.95. The number of hydrogen-bond acceptors (Lipinski definition) is 22. The first kappa shape index (κ1) is 117. The second kappa shape index (κ2) is 64.6. The summed E-state index contributed by atoms with van der Waals surface area (Å²) in [5.41, 5.74) is 27.4. The summed E-state index contributed by atoms with van der Waals surface area (Å²) in [6.07, 6.45) is -3.46. The van der Waals surface area contributed by atoms with Crippen LogP contribution in [-0.4, -0.2) is 183 Å². The maximum atomic E-state index is 12.8. The molecular formula is C101H117IN8O30. The maximum absolute atomic E-state index is 12.8. The number of hydrogen-bond donors (Lipinski definition) is 16. The summed E-state index contributed by atoms with van der Waals surface area (Å²) in [6.45, 7) is 0.400. The quantitative estimate of drug-likeness (QED) is 0.0125. The Morgan fingerprint density at radius 3 is 0.757 bits per heavy atom. The van der Waals surface area contributed by atoms with E-state index >= 15 is 0 Å². The number of rotatable bonds is 61. The zero-order valence-electron chi connectivity index (χ0n) is 76.8. The molecule has 20 N–H and O–H groups in total. The SMILES string of the molecule is NC(=O)[C@H](CCC(=O)O)CC(=O)[C@H](CCC(=O)O)NC(=O)CCc1ccc(C#Cc2ccccc2)cc1.NC(=O)[C@H](CCC(=O)O)CC(=O)[C@H](CCC(=O)O)NC(=O)CCc1ccc(COc2ccccc2)cc1.NC(=O)[C@H](CCC(=O)O)CC(=O)[C@H](CCC(=O)O)NC(=O)CCc1ccc(I)cc1.NC(=O)[C@H](CCC(=O)O)CC(=O)[C@H](CCC(=O)O)NC(=O)CCc1ccc(Oc2ccccc2)cc1. The van der Waals surface area contributed by atoms with Crippen molar-refractivity contribution in [2.24, 2.45) is 46.6 Å². The van der Waals surface area contributed by atoms with Crippen LogP contribution in [0, 0.1) is 39.1 Å². The Kier molecular flexibility index (Phi) is 54.0. The number of benzene rings is 7. The second-order valence-electron chi connectivity index (χ2n) is 32.4. The smallest absolute Gasteiger partial charge is 0.303 e. The molecule has 0 saturated carbocycles. The lowest BCUT2D eigenvalue weighted by Crippen LogP contribution is -2.43. The van der Waals surface area contributed by atoms with Crippen LogP contribution in [0.2, 0.25) is 0 Å². The Morgan fingerprint density at radius 1 is 0.264 bits per heavy atom. The average Bonchev–Trinajstić information content (AvgIpc) is 0.890. The molecule has 7 rings (SSSR count). The van der Waals surface area contributed by atoms with Crippen LogP contribution >= 0.6 is 22.6 Å². The number of halogens is 1. The van der Waals surface area contributed by atoms with Crippen LogP contribution in [0.1, 0.15) is 193 Å². The molecule has 0 aliphatic heterocycles. The van der Waals surface area contributed by atoms with Gasteiger partial charge in [0.25, 0.3) is 0 Å². The van der Waals surface area contributed by atoms with E-state index in [1.54, 1.807) is 12.1 Å². The Labute approximate surface area is 820 Å². The first-order valence-electron chi connectivity index (χ1n) is 44.7. The largest absolute Gasteiger partial charge is 0.489 e. The third-order valence-corrected chi connectivity index (χ3v) is 22.1. The van der Waals surface area contributed by atoms with Gasteiger partial charge in [0.05, 0.1) is 24.2 Å². The third kappa shape index (κ3) is 52.1. The van der Waals surface area contributed by atoms with E-state index in [2.05, 4.69) is 55.7 Å². The molecule has 7 aromatic rings. The highest BCUT2D eigenvalue weighted by atomic mass is 127. The second-order valence-corrected chi connectivity index (χ2v) is 33.7. The van der Waals surface area contributed by atoms with Gasteiger partial charge in [-0.3, -0.25) is 95.9 Å². The van der Waals surface area contributed by atoms with Crippen LogP contribution in [0.3, 0.4) is 0 Å². The zero-order valence-corrected chi connectivity index (χ0v) is 78.9. The van der Waals surface area contributed by atoms with Gasteiger partial charge in [-0.25, -0.2) is 0 Å². The average molecular weight is 2050 g/mol. The Balaban J connectivity index is 0.000000391. The van der Waals surface area contributed by atoms with Crippen molar-refractivity contribution in [2.75, 3.05) is 0 Å². The van der Waals surface area contributed by atoms with Crippen molar-refractivity contribution in [3.05, 3.63) is 231 Å². The number of Topliss-reactive ketones (excluding diaryl/α,β-unsaturated/α-hetero) is 4. The van der Waals surface area contributed by atoms with E-state index in [1.165, 1.54) is 0 Å². The lowest BCUT2D eigenvalue weighted by atomic mass is 9.92. The Morgan fingerprint density at radius 2 is 0.486 bits per heavy atom. The van der Waals surface area contributed by atoms with Crippen LogP contribution in [-0.2, 0) is 128 Å². The molecule has 8 amide bonds. The number of ether oxygens (including phenoxy) is 2. The van der Waals surface area contributed by atoms with Gasteiger partial charge in [0.2, 0.25) is 47.3 Å². The summed E-state index contributed by atoms with van der Waals surface area (Å²) >= 11 is 2.17. The van der Waals surface area contributed by atoms with Crippen molar-refractivity contribution in [3.8, 4) is 29.1 Å². The molecule has 0 bridgehead atoms. The summed E-state index contributed by atoms with van der Waals surface area (Å²) in [4.78, 5) is 234. The molecule has 0 aliphatic rings. The Hall–Kier alpha value is -15.4. The third-order valence-electron chi connectivity index (χ3n) is 21.3. The normalized spacial score (nSPS) is 12.2. The molecule has 38 nitrogen and oxygen atoms in total. The van der Waals surface area contributed by atoms with E-state index in [-0.39, 0.29) is 154 Å².